The molecule has 0 aromatic heterocycles. The third kappa shape index (κ3) is 12.7. The van der Waals surface area contributed by atoms with Crippen molar-refractivity contribution in [2.75, 3.05) is 0 Å². The van der Waals surface area contributed by atoms with Crippen molar-refractivity contribution in [3.05, 3.63) is 36.5 Å². The Bertz CT molecular complexity index is 241. The topological polar surface area (TPSA) is 23.8 Å². The van der Waals surface area contributed by atoms with E-state index in [4.69, 9.17) is 5.26 Å². The van der Waals surface area contributed by atoms with Crippen LogP contribution in [0.3, 0.4) is 0 Å². The third-order valence-electron chi connectivity index (χ3n) is 1.95. The summed E-state index contributed by atoms with van der Waals surface area (Å²) in [6, 6.07) is 2.14. The second-order valence-electron chi connectivity index (χ2n) is 3.36. The summed E-state index contributed by atoms with van der Waals surface area (Å²) in [6.45, 7) is 2.15. The third-order valence-corrected chi connectivity index (χ3v) is 1.95. The molecule has 15 heavy (non-hydrogen) atoms. The van der Waals surface area contributed by atoms with Crippen LogP contribution < -0.4 is 0 Å². The molecule has 82 valence electrons. The molecule has 0 aromatic carbocycles. The number of allylic oxidation sites excluding steroid dienone is 6. The van der Waals surface area contributed by atoms with E-state index in [1.165, 1.54) is 0 Å². The summed E-state index contributed by atoms with van der Waals surface area (Å²) in [5, 5.41) is 8.32. The SMILES string of the molecule is CC/C=C/CC/C=C/C=C/CCCC#N. The maximum Gasteiger partial charge on any atom is 0.0621 e. The van der Waals surface area contributed by atoms with Crippen LogP contribution >= 0.6 is 0 Å². The van der Waals surface area contributed by atoms with E-state index in [9.17, 15) is 0 Å². The molecule has 1 heteroatoms. The number of nitriles is 1. The van der Waals surface area contributed by atoms with E-state index in [-0.39, 0.29) is 0 Å². The molecule has 0 aliphatic rings. The van der Waals surface area contributed by atoms with Crippen molar-refractivity contribution in [1.29, 1.82) is 5.26 Å². The Hall–Kier alpha value is -1.29. The zero-order valence-corrected chi connectivity index (χ0v) is 9.65. The zero-order valence-electron chi connectivity index (χ0n) is 9.65. The summed E-state index contributed by atoms with van der Waals surface area (Å²) in [6.07, 6.45) is 18.9. The minimum atomic E-state index is 0.663. The van der Waals surface area contributed by atoms with Gasteiger partial charge in [0.25, 0.3) is 0 Å². The van der Waals surface area contributed by atoms with Crippen LogP contribution in [0, 0.1) is 11.3 Å². The molecule has 0 saturated carbocycles. The molecule has 0 aliphatic heterocycles. The fourth-order valence-corrected chi connectivity index (χ4v) is 1.13. The Morgan fingerprint density at radius 2 is 1.60 bits per heavy atom. The van der Waals surface area contributed by atoms with Crippen LogP contribution in [0.15, 0.2) is 36.5 Å². The van der Waals surface area contributed by atoms with Crippen LogP contribution in [0.1, 0.15) is 45.4 Å². The van der Waals surface area contributed by atoms with Crippen LogP contribution in [0.25, 0.3) is 0 Å². The molecule has 0 spiro atoms. The van der Waals surface area contributed by atoms with E-state index in [0.717, 1.165) is 32.1 Å². The lowest BCUT2D eigenvalue weighted by molar-refractivity contribution is 0.876. The van der Waals surface area contributed by atoms with Gasteiger partial charge in [-0.1, -0.05) is 43.4 Å². The van der Waals surface area contributed by atoms with Gasteiger partial charge in [0.15, 0.2) is 0 Å². The van der Waals surface area contributed by atoms with Gasteiger partial charge in [-0.2, -0.15) is 5.26 Å². The van der Waals surface area contributed by atoms with Gasteiger partial charge in [0.1, 0.15) is 0 Å². The molecule has 0 unspecified atom stereocenters. The molecule has 0 saturated heterocycles. The van der Waals surface area contributed by atoms with Gasteiger partial charge < -0.3 is 0 Å². The van der Waals surface area contributed by atoms with Crippen LogP contribution in [-0.4, -0.2) is 0 Å². The van der Waals surface area contributed by atoms with E-state index in [1.54, 1.807) is 0 Å². The summed E-state index contributed by atoms with van der Waals surface area (Å²) in [4.78, 5) is 0. The van der Waals surface area contributed by atoms with Gasteiger partial charge in [-0.3, -0.25) is 0 Å². The van der Waals surface area contributed by atoms with Gasteiger partial charge in [0.2, 0.25) is 0 Å². The summed E-state index contributed by atoms with van der Waals surface area (Å²) in [7, 11) is 0. The van der Waals surface area contributed by atoms with Crippen LogP contribution in [-0.2, 0) is 0 Å². The molecule has 0 fully saturated rings. The molecule has 0 heterocycles. The van der Waals surface area contributed by atoms with Crippen molar-refractivity contribution in [3.8, 4) is 6.07 Å². The fourth-order valence-electron chi connectivity index (χ4n) is 1.13. The smallest absolute Gasteiger partial charge is 0.0621 e. The number of hydrogen-bond acceptors (Lipinski definition) is 1. The van der Waals surface area contributed by atoms with Crippen molar-refractivity contribution >= 4 is 0 Å². The quantitative estimate of drug-likeness (QED) is 0.323. The Morgan fingerprint density at radius 1 is 0.933 bits per heavy atom. The molecular weight excluding hydrogens is 182 g/mol. The standard InChI is InChI=1S/C14H21N/c1-2-3-4-5-6-7-8-9-10-11-12-13-14-15/h3-4,7-10H,2,5-6,11-13H2,1H3/b4-3+,8-7+,10-9+. The van der Waals surface area contributed by atoms with E-state index >= 15 is 0 Å². The monoisotopic (exact) mass is 203 g/mol. The Kier molecular flexibility index (Phi) is 11.6. The zero-order chi connectivity index (χ0) is 11.2. The van der Waals surface area contributed by atoms with Crippen LogP contribution in [0.5, 0.6) is 0 Å². The molecule has 0 N–H and O–H groups in total. The first kappa shape index (κ1) is 13.7. The molecule has 0 amide bonds. The highest BCUT2D eigenvalue weighted by Gasteiger charge is 1.79. The maximum absolute atomic E-state index is 8.32. The lowest BCUT2D eigenvalue weighted by Crippen LogP contribution is -1.68. The number of nitrogens with zero attached hydrogens (tertiary/aromatic N) is 1. The van der Waals surface area contributed by atoms with E-state index < -0.39 is 0 Å². The predicted octanol–water partition coefficient (Wildman–Crippen LogP) is 4.54. The van der Waals surface area contributed by atoms with Crippen molar-refractivity contribution in [3.63, 3.8) is 0 Å². The molecule has 0 aromatic rings. The number of rotatable bonds is 8. The van der Waals surface area contributed by atoms with E-state index in [1.807, 2.05) is 0 Å². The van der Waals surface area contributed by atoms with Crippen LogP contribution in [0.4, 0.5) is 0 Å². The average molecular weight is 203 g/mol. The average Bonchev–Trinajstić information content (AvgIpc) is 2.26. The Balaban J connectivity index is 3.30. The molecular formula is C14H21N. The molecule has 0 radical (unpaired) electrons. The normalized spacial score (nSPS) is 11.7. The Morgan fingerprint density at radius 3 is 2.27 bits per heavy atom. The summed E-state index contributed by atoms with van der Waals surface area (Å²) in [5.74, 6) is 0. The molecule has 0 atom stereocenters. The van der Waals surface area contributed by atoms with E-state index in [2.05, 4.69) is 49.4 Å². The first-order valence-electron chi connectivity index (χ1n) is 5.75. The lowest BCUT2D eigenvalue weighted by Gasteiger charge is -1.86. The summed E-state index contributed by atoms with van der Waals surface area (Å²) >= 11 is 0. The number of unbranched alkanes of at least 4 members (excludes halogenated alkanes) is 3. The first-order valence-corrected chi connectivity index (χ1v) is 5.75. The number of hydrogen-bond donors (Lipinski definition) is 0. The van der Waals surface area contributed by atoms with Crippen LogP contribution in [0.2, 0.25) is 0 Å². The largest absolute Gasteiger partial charge is 0.198 e. The molecule has 0 aliphatic carbocycles. The van der Waals surface area contributed by atoms with Crippen molar-refractivity contribution in [2.24, 2.45) is 0 Å². The van der Waals surface area contributed by atoms with Gasteiger partial charge in [0.05, 0.1) is 6.07 Å². The minimum absolute atomic E-state index is 0.663. The first-order chi connectivity index (χ1) is 7.41. The molecule has 0 bridgehead atoms. The lowest BCUT2D eigenvalue weighted by atomic mass is 10.2. The van der Waals surface area contributed by atoms with E-state index in [0.29, 0.717) is 6.42 Å². The maximum atomic E-state index is 8.32. The van der Waals surface area contributed by atoms with Crippen molar-refractivity contribution in [1.82, 2.24) is 0 Å². The van der Waals surface area contributed by atoms with Crippen molar-refractivity contribution in [2.45, 2.75) is 45.4 Å². The highest BCUT2D eigenvalue weighted by atomic mass is 14.2. The second-order valence-corrected chi connectivity index (χ2v) is 3.36. The Labute approximate surface area is 93.8 Å². The van der Waals surface area contributed by atoms with Gasteiger partial charge in [-0.15, -0.1) is 0 Å². The van der Waals surface area contributed by atoms with Gasteiger partial charge in [-0.25, -0.2) is 0 Å². The fraction of sp³-hybridized carbons (Fsp3) is 0.500. The van der Waals surface area contributed by atoms with Gasteiger partial charge in [0, 0.05) is 6.42 Å². The highest BCUT2D eigenvalue weighted by molar-refractivity contribution is 5.03. The molecule has 0 rings (SSSR count). The summed E-state index contributed by atoms with van der Waals surface area (Å²) < 4.78 is 0. The van der Waals surface area contributed by atoms with Gasteiger partial charge >= 0.3 is 0 Å². The molecule has 1 nitrogen and oxygen atoms in total. The highest BCUT2D eigenvalue weighted by Crippen LogP contribution is 1.97. The second kappa shape index (κ2) is 12.7. The minimum Gasteiger partial charge on any atom is -0.198 e. The van der Waals surface area contributed by atoms with Gasteiger partial charge in [-0.05, 0) is 32.1 Å². The predicted molar refractivity (Wildman–Crippen MR) is 66.4 cm³/mol. The van der Waals surface area contributed by atoms with Crippen molar-refractivity contribution < 1.29 is 0 Å². The summed E-state index contributed by atoms with van der Waals surface area (Å²) in [5.41, 5.74) is 0.